The summed E-state index contributed by atoms with van der Waals surface area (Å²) in [6.07, 6.45) is -1.14. The average Bonchev–Trinajstić information content (AvgIpc) is 2.11. The summed E-state index contributed by atoms with van der Waals surface area (Å²) < 4.78 is 64.8. The molecule has 0 radical (unpaired) electrons. The van der Waals surface area contributed by atoms with Gasteiger partial charge in [-0.25, -0.2) is 4.79 Å². The van der Waals surface area contributed by atoms with E-state index in [2.05, 4.69) is 4.40 Å². The van der Waals surface area contributed by atoms with Gasteiger partial charge in [0, 0.05) is 0 Å². The molecule has 19 heavy (non-hydrogen) atoms. The van der Waals surface area contributed by atoms with Crippen molar-refractivity contribution in [2.75, 3.05) is 0 Å². The van der Waals surface area contributed by atoms with E-state index in [1.165, 1.54) is 20.8 Å². The Hall–Kier alpha value is -1.46. The van der Waals surface area contributed by atoms with Crippen molar-refractivity contribution >= 4 is 30.1 Å². The molecule has 0 aromatic heterocycles. The van der Waals surface area contributed by atoms with E-state index in [1.807, 2.05) is 5.23 Å². The highest BCUT2D eigenvalue weighted by molar-refractivity contribution is 7.91. The fourth-order valence-electron chi connectivity index (χ4n) is 0.703. The minimum absolute atomic E-state index is 0.897. The molecule has 0 saturated heterocycles. The van der Waals surface area contributed by atoms with Crippen LogP contribution in [0.15, 0.2) is 4.40 Å². The Kier molecular flexibility index (Phi) is 5.24. The fourth-order valence-corrected chi connectivity index (χ4v) is 1.18. The lowest BCUT2D eigenvalue weighted by Gasteiger charge is -2.20. The zero-order chi connectivity index (χ0) is 15.5. The Labute approximate surface area is 109 Å². The molecule has 0 saturated carbocycles. The summed E-state index contributed by atoms with van der Waals surface area (Å²) in [6, 6.07) is 0. The lowest BCUT2D eigenvalue weighted by atomic mass is 10.2. The molecular weight excluding hydrogens is 290 g/mol. The van der Waals surface area contributed by atoms with Crippen LogP contribution >= 0.6 is 0 Å². The first kappa shape index (κ1) is 17.5. The molecule has 0 aliphatic carbocycles. The first-order chi connectivity index (χ1) is 8.28. The van der Waals surface area contributed by atoms with Crippen molar-refractivity contribution in [3.63, 3.8) is 0 Å². The minimum Gasteiger partial charge on any atom is -0.444 e. The number of halogens is 3. The highest BCUT2D eigenvalue weighted by Crippen LogP contribution is 2.24. The second-order valence-corrected chi connectivity index (χ2v) is 5.83. The Morgan fingerprint density at radius 3 is 2.05 bits per heavy atom. The maximum Gasteiger partial charge on any atom is 0.518 e. The summed E-state index contributed by atoms with van der Waals surface area (Å²) in [5.74, 6) is -0.897. The molecule has 12 heteroatoms. The zero-order valence-corrected chi connectivity index (χ0v) is 11.4. The molecule has 2 N–H and O–H groups in total. The van der Waals surface area contributed by atoms with Crippen molar-refractivity contribution in [3.8, 4) is 0 Å². The third-order valence-electron chi connectivity index (χ3n) is 1.36. The number of ether oxygens (including phenoxy) is 1. The molecule has 0 spiro atoms. The number of alkyl halides is 3. The molecule has 0 heterocycles. The topological polar surface area (TPSA) is 96.9 Å². The van der Waals surface area contributed by atoms with Gasteiger partial charge in [-0.05, 0) is 20.8 Å². The van der Waals surface area contributed by atoms with Gasteiger partial charge in [-0.2, -0.15) is 21.6 Å². The molecule has 0 atom stereocenters. The van der Waals surface area contributed by atoms with Crippen LogP contribution in [-0.4, -0.2) is 39.6 Å². The number of hydrogen-bond donors (Lipinski definition) is 2. The zero-order valence-electron chi connectivity index (χ0n) is 10.6. The molecule has 0 aliphatic rings. The van der Waals surface area contributed by atoms with Crippen LogP contribution in [0.1, 0.15) is 20.8 Å². The highest BCUT2D eigenvalue weighted by Gasteiger charge is 2.46. The third-order valence-corrected chi connectivity index (χ3v) is 2.37. The average molecular weight is 303 g/mol. The van der Waals surface area contributed by atoms with E-state index in [-0.39, 0.29) is 0 Å². The van der Waals surface area contributed by atoms with Gasteiger partial charge in [-0.1, -0.05) is 0 Å². The van der Waals surface area contributed by atoms with Gasteiger partial charge in [0.2, 0.25) is 13.9 Å². The van der Waals surface area contributed by atoms with Gasteiger partial charge in [0.15, 0.2) is 0 Å². The number of alkyl carbamates (subject to hydrolysis) is 1. The second kappa shape index (κ2) is 5.67. The van der Waals surface area contributed by atoms with Gasteiger partial charge in [0.25, 0.3) is 0 Å². The number of sulfonamides is 1. The predicted molar refractivity (Wildman–Crippen MR) is 63.5 cm³/mol. The number of rotatable bonds is 1. The molecule has 110 valence electrons. The van der Waals surface area contributed by atoms with Crippen LogP contribution in [0, 0.1) is 0 Å². The number of nitrogens with zero attached hydrogens (tertiary/aromatic N) is 1. The molecule has 1 amide bonds. The molecule has 0 fully saturated rings. The van der Waals surface area contributed by atoms with Gasteiger partial charge >= 0.3 is 21.6 Å². The lowest BCUT2D eigenvalue weighted by molar-refractivity contribution is -0.0435. The minimum atomic E-state index is -5.74. The molecule has 0 aromatic carbocycles. The van der Waals surface area contributed by atoms with Crippen LogP contribution in [0.2, 0.25) is 0 Å². The Bertz CT molecular complexity index is 469. The first-order valence-corrected chi connectivity index (χ1v) is 6.31. The van der Waals surface area contributed by atoms with Crippen molar-refractivity contribution in [2.24, 2.45) is 4.40 Å². The predicted octanol–water partition coefficient (Wildman–Crippen LogP) is -0.146. The van der Waals surface area contributed by atoms with Crippen LogP contribution < -0.4 is 10.5 Å². The Balaban J connectivity index is 5.02. The third kappa shape index (κ3) is 6.31. The standard InChI is InChI=1S/C7H13BF3N3O4S/c1-6(2,3)18-5(15)12-4(13-8)14-19(16,17)7(9,10)11/h8H2,1-3H3,(H2,12,13,14,15). The summed E-state index contributed by atoms with van der Waals surface area (Å²) in [6.45, 7) is 4.57. The molecule has 0 unspecified atom stereocenters. The van der Waals surface area contributed by atoms with Crippen molar-refractivity contribution in [1.29, 1.82) is 0 Å². The Morgan fingerprint density at radius 2 is 1.74 bits per heavy atom. The van der Waals surface area contributed by atoms with Crippen molar-refractivity contribution in [1.82, 2.24) is 10.5 Å². The summed E-state index contributed by atoms with van der Waals surface area (Å²) >= 11 is 0. The van der Waals surface area contributed by atoms with Gasteiger partial charge in [-0.3, -0.25) is 5.32 Å². The second-order valence-electron chi connectivity index (χ2n) is 4.24. The van der Waals surface area contributed by atoms with E-state index in [0.29, 0.717) is 0 Å². The van der Waals surface area contributed by atoms with Gasteiger partial charge < -0.3 is 9.96 Å². The van der Waals surface area contributed by atoms with E-state index < -0.39 is 33.2 Å². The van der Waals surface area contributed by atoms with Crippen LogP contribution in [0.5, 0.6) is 0 Å². The van der Waals surface area contributed by atoms with Crippen LogP contribution in [0.4, 0.5) is 18.0 Å². The molecule has 0 aromatic rings. The van der Waals surface area contributed by atoms with E-state index in [4.69, 9.17) is 4.74 Å². The molecule has 0 rings (SSSR count). The first-order valence-electron chi connectivity index (χ1n) is 4.87. The molecule has 0 aliphatic heterocycles. The van der Waals surface area contributed by atoms with Gasteiger partial charge in [0.05, 0.1) is 0 Å². The summed E-state index contributed by atoms with van der Waals surface area (Å²) in [7, 11) is -4.66. The number of hydrogen-bond acceptors (Lipinski definition) is 4. The van der Waals surface area contributed by atoms with Crippen molar-refractivity contribution in [3.05, 3.63) is 0 Å². The monoisotopic (exact) mass is 303 g/mol. The normalized spacial score (nSPS) is 13.9. The van der Waals surface area contributed by atoms with E-state index in [1.54, 1.807) is 5.32 Å². The summed E-state index contributed by atoms with van der Waals surface area (Å²) in [5, 5.41) is 3.76. The van der Waals surface area contributed by atoms with Gasteiger partial charge in [-0.15, -0.1) is 4.40 Å². The quantitative estimate of drug-likeness (QED) is 0.399. The number of guanidine groups is 1. The largest absolute Gasteiger partial charge is 0.518 e. The molecular formula is C7H13BF3N3O4S. The van der Waals surface area contributed by atoms with Crippen molar-refractivity contribution in [2.45, 2.75) is 31.9 Å². The maximum atomic E-state index is 12.1. The van der Waals surface area contributed by atoms with Crippen LogP contribution in [-0.2, 0) is 14.8 Å². The van der Waals surface area contributed by atoms with E-state index in [0.717, 1.165) is 7.98 Å². The smallest absolute Gasteiger partial charge is 0.444 e. The lowest BCUT2D eigenvalue weighted by Crippen LogP contribution is -2.43. The molecule has 7 nitrogen and oxygen atoms in total. The van der Waals surface area contributed by atoms with E-state index >= 15 is 0 Å². The fraction of sp³-hybridized carbons (Fsp3) is 0.714. The SMILES string of the molecule is BN/C(=N\S(=O)(=O)C(F)(F)F)NC(=O)OC(C)(C)C. The maximum absolute atomic E-state index is 12.1. The van der Waals surface area contributed by atoms with Gasteiger partial charge in [0.1, 0.15) is 5.60 Å². The summed E-state index contributed by atoms with van der Waals surface area (Å²) in [5.41, 5.74) is -6.45. The highest BCUT2D eigenvalue weighted by atomic mass is 32.2. The van der Waals surface area contributed by atoms with Crippen molar-refractivity contribution < 1.29 is 31.1 Å². The number of carbonyl (C=O) groups excluding carboxylic acids is 1. The number of carbonyl (C=O) groups is 1. The Morgan fingerprint density at radius 1 is 1.26 bits per heavy atom. The molecule has 0 bridgehead atoms. The van der Waals surface area contributed by atoms with E-state index in [9.17, 15) is 26.4 Å². The number of nitrogens with one attached hydrogen (secondary N) is 2. The van der Waals surface area contributed by atoms with Crippen LogP contribution in [0.3, 0.4) is 0 Å². The van der Waals surface area contributed by atoms with Crippen LogP contribution in [0.25, 0.3) is 0 Å². The number of amides is 1. The summed E-state index contributed by atoms with van der Waals surface area (Å²) in [4.78, 5) is 11.2.